The minimum Gasteiger partial charge on any atom is -0.341 e. The maximum Gasteiger partial charge on any atom is 0.225 e. The summed E-state index contributed by atoms with van der Waals surface area (Å²) in [5.74, 6) is 3.22. The van der Waals surface area contributed by atoms with Crippen LogP contribution in [0.15, 0.2) is 49.1 Å². The van der Waals surface area contributed by atoms with Gasteiger partial charge in [0.05, 0.1) is 11.7 Å². The van der Waals surface area contributed by atoms with Gasteiger partial charge in [-0.1, -0.05) is 6.07 Å². The lowest BCUT2D eigenvalue weighted by molar-refractivity contribution is -0.133. The summed E-state index contributed by atoms with van der Waals surface area (Å²) in [5.41, 5.74) is 0.970. The second-order valence-electron chi connectivity index (χ2n) is 8.69. The molecule has 2 aliphatic rings. The normalized spacial score (nSPS) is 19.5. The summed E-state index contributed by atoms with van der Waals surface area (Å²) in [5, 5.41) is 0. The van der Waals surface area contributed by atoms with Crippen LogP contribution in [0, 0.1) is 12.8 Å². The van der Waals surface area contributed by atoms with Gasteiger partial charge in [0.25, 0.3) is 0 Å². The molecule has 8 nitrogen and oxygen atoms in total. The number of likely N-dealkylation sites (tertiary alicyclic amines) is 1. The quantitative estimate of drug-likeness (QED) is 0.616. The molecular weight excluding hydrogens is 402 g/mol. The number of hydrogen-bond donors (Lipinski definition) is 0. The average molecular weight is 432 g/mol. The monoisotopic (exact) mass is 431 g/mol. The molecule has 1 atom stereocenters. The Bertz CT molecular complexity index is 1060. The van der Waals surface area contributed by atoms with Gasteiger partial charge in [-0.2, -0.15) is 0 Å². The van der Waals surface area contributed by atoms with E-state index in [0.717, 1.165) is 68.6 Å². The van der Waals surface area contributed by atoms with Gasteiger partial charge in [-0.15, -0.1) is 0 Å². The van der Waals surface area contributed by atoms with Gasteiger partial charge < -0.3 is 9.80 Å². The number of piperidine rings is 1. The minimum absolute atomic E-state index is 0.0593. The number of aryl methyl sites for hydroxylation is 1. The summed E-state index contributed by atoms with van der Waals surface area (Å²) in [4.78, 5) is 35.4. The number of carbonyl (C=O) groups excluding carboxylic acids is 1. The van der Waals surface area contributed by atoms with Crippen molar-refractivity contribution in [3.63, 3.8) is 0 Å². The van der Waals surface area contributed by atoms with Gasteiger partial charge in [-0.25, -0.2) is 19.9 Å². The molecule has 2 fully saturated rings. The van der Waals surface area contributed by atoms with Gasteiger partial charge in [0.2, 0.25) is 11.9 Å². The van der Waals surface area contributed by atoms with E-state index in [1.54, 1.807) is 18.6 Å². The fraction of sp³-hybridized carbons (Fsp3) is 0.458. The number of pyridine rings is 1. The third-order valence-corrected chi connectivity index (χ3v) is 6.66. The fourth-order valence-electron chi connectivity index (χ4n) is 4.91. The first-order valence-electron chi connectivity index (χ1n) is 11.5. The molecule has 1 amide bonds. The Kier molecular flexibility index (Phi) is 5.83. The van der Waals surface area contributed by atoms with Crippen LogP contribution in [-0.4, -0.2) is 54.9 Å². The number of imidazole rings is 1. The Morgan fingerprint density at radius 2 is 1.81 bits per heavy atom. The van der Waals surface area contributed by atoms with E-state index < -0.39 is 0 Å². The van der Waals surface area contributed by atoms with E-state index in [-0.39, 0.29) is 11.9 Å². The zero-order chi connectivity index (χ0) is 21.9. The first-order chi connectivity index (χ1) is 15.7. The summed E-state index contributed by atoms with van der Waals surface area (Å²) in [6.45, 7) is 4.59. The van der Waals surface area contributed by atoms with Crippen molar-refractivity contribution in [3.05, 3.63) is 60.6 Å². The first kappa shape index (κ1) is 20.6. The van der Waals surface area contributed by atoms with Crippen molar-refractivity contribution in [2.45, 2.75) is 45.1 Å². The van der Waals surface area contributed by atoms with Gasteiger partial charge in [-0.3, -0.25) is 9.36 Å². The highest BCUT2D eigenvalue weighted by Gasteiger charge is 2.33. The third kappa shape index (κ3) is 4.22. The lowest BCUT2D eigenvalue weighted by Crippen LogP contribution is -2.38. The zero-order valence-corrected chi connectivity index (χ0v) is 18.5. The molecule has 0 aliphatic carbocycles. The van der Waals surface area contributed by atoms with E-state index in [1.165, 1.54) is 0 Å². The Balaban J connectivity index is 1.23. The molecule has 1 unspecified atom stereocenters. The third-order valence-electron chi connectivity index (χ3n) is 6.66. The minimum atomic E-state index is 0.0593. The van der Waals surface area contributed by atoms with Crippen LogP contribution >= 0.6 is 0 Å². The van der Waals surface area contributed by atoms with Crippen molar-refractivity contribution in [2.24, 2.45) is 5.92 Å². The van der Waals surface area contributed by atoms with Crippen molar-refractivity contribution in [2.75, 3.05) is 24.5 Å². The number of anilines is 1. The SMILES string of the molecule is Cc1nccn1-c1cccc(C2CCCN2C(=O)CC2CCN(c3ncccn3)CC2)n1. The molecular formula is C24H29N7O. The van der Waals surface area contributed by atoms with Crippen LogP contribution in [0.3, 0.4) is 0 Å². The Morgan fingerprint density at radius 3 is 2.56 bits per heavy atom. The average Bonchev–Trinajstić information content (AvgIpc) is 3.50. The molecule has 2 saturated heterocycles. The molecule has 5 heterocycles. The zero-order valence-electron chi connectivity index (χ0n) is 18.5. The molecule has 32 heavy (non-hydrogen) atoms. The lowest BCUT2D eigenvalue weighted by atomic mass is 9.93. The van der Waals surface area contributed by atoms with Crippen LogP contribution in [0.1, 0.15) is 49.7 Å². The molecule has 0 spiro atoms. The Labute approximate surface area is 188 Å². The van der Waals surface area contributed by atoms with E-state index in [2.05, 4.69) is 24.8 Å². The van der Waals surface area contributed by atoms with E-state index in [9.17, 15) is 4.79 Å². The molecule has 8 heteroatoms. The van der Waals surface area contributed by atoms with Crippen LogP contribution in [-0.2, 0) is 4.79 Å². The standard InChI is InChI=1S/C24H29N7O/c1-18-25-12-16-30(18)22-7-2-5-20(28-22)21-6-3-13-31(21)23(32)17-19-8-14-29(15-9-19)24-26-10-4-11-27-24/h2,4-5,7,10-12,16,19,21H,3,6,8-9,13-15,17H2,1H3. The number of aromatic nitrogens is 5. The predicted molar refractivity (Wildman–Crippen MR) is 121 cm³/mol. The fourth-order valence-corrected chi connectivity index (χ4v) is 4.91. The van der Waals surface area contributed by atoms with Crippen molar-refractivity contribution in [3.8, 4) is 5.82 Å². The van der Waals surface area contributed by atoms with Crippen molar-refractivity contribution < 1.29 is 4.79 Å². The van der Waals surface area contributed by atoms with E-state index >= 15 is 0 Å². The van der Waals surface area contributed by atoms with E-state index in [1.807, 2.05) is 42.0 Å². The Hall–Kier alpha value is -3.29. The predicted octanol–water partition coefficient (Wildman–Crippen LogP) is 3.34. The molecule has 0 saturated carbocycles. The van der Waals surface area contributed by atoms with Crippen molar-refractivity contribution in [1.29, 1.82) is 0 Å². The Morgan fingerprint density at radius 1 is 1.00 bits per heavy atom. The number of carbonyl (C=O) groups is 1. The molecule has 0 N–H and O–H groups in total. The number of rotatable bonds is 5. The van der Waals surface area contributed by atoms with Crippen LogP contribution in [0.25, 0.3) is 5.82 Å². The maximum absolute atomic E-state index is 13.3. The molecule has 0 radical (unpaired) electrons. The highest BCUT2D eigenvalue weighted by Crippen LogP contribution is 2.33. The second-order valence-corrected chi connectivity index (χ2v) is 8.69. The van der Waals surface area contributed by atoms with Gasteiger partial charge in [0.15, 0.2) is 0 Å². The number of amides is 1. The summed E-state index contributed by atoms with van der Waals surface area (Å²) >= 11 is 0. The molecule has 0 bridgehead atoms. The second kappa shape index (κ2) is 9.06. The summed E-state index contributed by atoms with van der Waals surface area (Å²) < 4.78 is 1.98. The summed E-state index contributed by atoms with van der Waals surface area (Å²) in [6.07, 6.45) is 11.9. The van der Waals surface area contributed by atoms with Gasteiger partial charge in [0, 0.05) is 50.8 Å². The summed E-state index contributed by atoms with van der Waals surface area (Å²) in [7, 11) is 0. The molecule has 166 valence electrons. The first-order valence-corrected chi connectivity index (χ1v) is 11.5. The van der Waals surface area contributed by atoms with E-state index in [4.69, 9.17) is 4.98 Å². The lowest BCUT2D eigenvalue weighted by Gasteiger charge is -2.33. The smallest absolute Gasteiger partial charge is 0.225 e. The van der Waals surface area contributed by atoms with Gasteiger partial charge >= 0.3 is 0 Å². The van der Waals surface area contributed by atoms with Crippen LogP contribution in [0.5, 0.6) is 0 Å². The van der Waals surface area contributed by atoms with Gasteiger partial charge in [0.1, 0.15) is 11.6 Å². The van der Waals surface area contributed by atoms with Gasteiger partial charge in [-0.05, 0) is 56.7 Å². The highest BCUT2D eigenvalue weighted by molar-refractivity contribution is 5.77. The molecule has 3 aromatic heterocycles. The number of nitrogens with zero attached hydrogens (tertiary/aromatic N) is 7. The molecule has 5 rings (SSSR count). The molecule has 3 aromatic rings. The molecule has 2 aliphatic heterocycles. The maximum atomic E-state index is 13.3. The van der Waals surface area contributed by atoms with Crippen molar-refractivity contribution in [1.82, 2.24) is 29.4 Å². The van der Waals surface area contributed by atoms with Crippen LogP contribution in [0.4, 0.5) is 5.95 Å². The highest BCUT2D eigenvalue weighted by atomic mass is 16.2. The summed E-state index contributed by atoms with van der Waals surface area (Å²) in [6, 6.07) is 7.96. The topological polar surface area (TPSA) is 80.0 Å². The van der Waals surface area contributed by atoms with E-state index in [0.29, 0.717) is 12.3 Å². The largest absolute Gasteiger partial charge is 0.341 e. The molecule has 0 aromatic carbocycles. The van der Waals surface area contributed by atoms with Crippen molar-refractivity contribution >= 4 is 11.9 Å². The van der Waals surface area contributed by atoms with Crippen LogP contribution < -0.4 is 4.90 Å². The van der Waals surface area contributed by atoms with Crippen LogP contribution in [0.2, 0.25) is 0 Å². The number of hydrogen-bond acceptors (Lipinski definition) is 6.